The van der Waals surface area contributed by atoms with E-state index >= 15 is 0 Å². The van der Waals surface area contributed by atoms with E-state index in [0.29, 0.717) is 47.8 Å². The van der Waals surface area contributed by atoms with Gasteiger partial charge < -0.3 is 14.2 Å². The first-order chi connectivity index (χ1) is 15.9. The fraction of sp³-hybridized carbons (Fsp3) is 0.273. The number of ether oxygens (including phenoxy) is 1. The standard InChI is InChI=1S/C22H20ClFN6O2S/c1-13-9-15(14(2)30(13)17-3-4-19(24)18(23)11-17)10-16(12-25)20(31)26-21-27-28-22(33-21)29-5-7-32-8-6-29/h3-4,9-11H,5-8H2,1-2H3,(H,26,27,31)/b16-10-. The van der Waals surface area contributed by atoms with Gasteiger partial charge in [-0.1, -0.05) is 22.9 Å². The number of hydrogen-bond donors (Lipinski definition) is 1. The molecule has 8 nitrogen and oxygen atoms in total. The van der Waals surface area contributed by atoms with Crippen molar-refractivity contribution in [1.82, 2.24) is 14.8 Å². The van der Waals surface area contributed by atoms with Gasteiger partial charge in [0.25, 0.3) is 5.91 Å². The Bertz CT molecular complexity index is 1270. The summed E-state index contributed by atoms with van der Waals surface area (Å²) in [6, 6.07) is 8.25. The molecule has 0 atom stereocenters. The number of carbonyl (C=O) groups excluding carboxylic acids is 1. The second-order valence-electron chi connectivity index (χ2n) is 7.37. The molecule has 0 aliphatic carbocycles. The second kappa shape index (κ2) is 9.70. The maximum Gasteiger partial charge on any atom is 0.268 e. The van der Waals surface area contributed by atoms with E-state index in [4.69, 9.17) is 16.3 Å². The molecule has 0 unspecified atom stereocenters. The fourth-order valence-electron chi connectivity index (χ4n) is 3.57. The van der Waals surface area contributed by atoms with Gasteiger partial charge in [-0.3, -0.25) is 10.1 Å². The molecule has 170 valence electrons. The van der Waals surface area contributed by atoms with E-state index in [1.54, 1.807) is 6.07 Å². The number of carbonyl (C=O) groups is 1. The topological polar surface area (TPSA) is 96.1 Å². The largest absolute Gasteiger partial charge is 0.378 e. The SMILES string of the molecule is Cc1cc(/C=C(/C#N)C(=O)Nc2nnc(N3CCOCC3)s2)c(C)n1-c1ccc(F)c(Cl)c1. The quantitative estimate of drug-likeness (QED) is 0.430. The molecule has 0 bridgehead atoms. The third-order valence-corrected chi connectivity index (χ3v) is 6.40. The lowest BCUT2D eigenvalue weighted by Crippen LogP contribution is -2.36. The highest BCUT2D eigenvalue weighted by molar-refractivity contribution is 7.19. The summed E-state index contributed by atoms with van der Waals surface area (Å²) in [7, 11) is 0. The number of nitriles is 1. The van der Waals surface area contributed by atoms with Gasteiger partial charge in [-0.25, -0.2) is 4.39 Å². The number of hydrogen-bond acceptors (Lipinski definition) is 7. The predicted octanol–water partition coefficient (Wildman–Crippen LogP) is 4.12. The zero-order valence-corrected chi connectivity index (χ0v) is 19.5. The summed E-state index contributed by atoms with van der Waals surface area (Å²) in [5.74, 6) is -1.07. The van der Waals surface area contributed by atoms with Crippen LogP contribution in [-0.4, -0.2) is 47.0 Å². The van der Waals surface area contributed by atoms with Crippen molar-refractivity contribution in [1.29, 1.82) is 5.26 Å². The van der Waals surface area contributed by atoms with Crippen molar-refractivity contribution in [2.45, 2.75) is 13.8 Å². The Kier molecular flexibility index (Phi) is 6.74. The highest BCUT2D eigenvalue weighted by Gasteiger charge is 2.19. The number of morpholine rings is 1. The van der Waals surface area contributed by atoms with Crippen LogP contribution in [0.25, 0.3) is 11.8 Å². The smallest absolute Gasteiger partial charge is 0.268 e. The fourth-order valence-corrected chi connectivity index (χ4v) is 4.54. The molecule has 0 spiro atoms. The molecular formula is C22H20ClFN6O2S. The minimum Gasteiger partial charge on any atom is -0.378 e. The van der Waals surface area contributed by atoms with Gasteiger partial charge in [0.15, 0.2) is 0 Å². The highest BCUT2D eigenvalue weighted by atomic mass is 35.5. The summed E-state index contributed by atoms with van der Waals surface area (Å²) in [6.45, 7) is 6.38. The molecule has 3 aromatic rings. The Morgan fingerprint density at radius 2 is 2.06 bits per heavy atom. The van der Waals surface area contributed by atoms with Gasteiger partial charge >= 0.3 is 0 Å². The first kappa shape index (κ1) is 22.9. The van der Waals surface area contributed by atoms with Crippen LogP contribution >= 0.6 is 22.9 Å². The van der Waals surface area contributed by atoms with Gasteiger partial charge in [0.05, 0.1) is 18.2 Å². The number of nitrogens with zero attached hydrogens (tertiary/aromatic N) is 5. The van der Waals surface area contributed by atoms with Crippen LogP contribution in [0.4, 0.5) is 14.7 Å². The molecule has 2 aromatic heterocycles. The Balaban J connectivity index is 1.55. The number of nitrogens with one attached hydrogen (secondary N) is 1. The molecule has 1 fully saturated rings. The van der Waals surface area contributed by atoms with Gasteiger partial charge in [-0.05, 0) is 49.8 Å². The molecule has 0 radical (unpaired) electrons. The van der Waals surface area contributed by atoms with Crippen LogP contribution in [0.2, 0.25) is 5.02 Å². The molecule has 1 aromatic carbocycles. The number of anilines is 2. The predicted molar refractivity (Wildman–Crippen MR) is 125 cm³/mol. The van der Waals surface area contributed by atoms with E-state index in [9.17, 15) is 14.4 Å². The van der Waals surface area contributed by atoms with Gasteiger partial charge in [0.1, 0.15) is 17.5 Å². The Morgan fingerprint density at radius 1 is 1.30 bits per heavy atom. The van der Waals surface area contributed by atoms with Crippen molar-refractivity contribution in [3.05, 3.63) is 57.6 Å². The molecule has 1 aliphatic heterocycles. The number of benzene rings is 1. The van der Waals surface area contributed by atoms with Gasteiger partial charge in [0, 0.05) is 30.2 Å². The number of rotatable bonds is 5. The lowest BCUT2D eigenvalue weighted by atomic mass is 10.1. The molecule has 1 aliphatic rings. The summed E-state index contributed by atoms with van der Waals surface area (Å²) in [6.07, 6.45) is 1.52. The average Bonchev–Trinajstić information content (AvgIpc) is 3.38. The molecule has 3 heterocycles. The number of aromatic nitrogens is 3. The molecule has 11 heteroatoms. The minimum absolute atomic E-state index is 0.0164. The van der Waals surface area contributed by atoms with E-state index < -0.39 is 11.7 Å². The van der Waals surface area contributed by atoms with Gasteiger partial charge in [0.2, 0.25) is 10.3 Å². The summed E-state index contributed by atoms with van der Waals surface area (Å²) < 4.78 is 20.8. The van der Waals surface area contributed by atoms with E-state index in [0.717, 1.165) is 11.4 Å². The molecule has 1 amide bonds. The first-order valence-electron chi connectivity index (χ1n) is 10.1. The summed E-state index contributed by atoms with van der Waals surface area (Å²) in [4.78, 5) is 14.8. The normalized spacial score (nSPS) is 14.3. The third-order valence-electron chi connectivity index (χ3n) is 5.21. The van der Waals surface area contributed by atoms with Crippen LogP contribution in [0.15, 0.2) is 29.8 Å². The second-order valence-corrected chi connectivity index (χ2v) is 8.74. The van der Waals surface area contributed by atoms with Crippen LogP contribution < -0.4 is 10.2 Å². The Labute approximate surface area is 198 Å². The molecule has 4 rings (SSSR count). The van der Waals surface area contributed by atoms with E-state index in [2.05, 4.69) is 15.5 Å². The first-order valence-corrected chi connectivity index (χ1v) is 11.3. The third kappa shape index (κ3) is 4.90. The van der Waals surface area contributed by atoms with E-state index in [1.807, 2.05) is 35.5 Å². The zero-order valence-electron chi connectivity index (χ0n) is 17.9. The average molecular weight is 487 g/mol. The molecule has 33 heavy (non-hydrogen) atoms. The molecule has 1 N–H and O–H groups in total. The van der Waals surface area contributed by atoms with Gasteiger partial charge in [-0.2, -0.15) is 5.26 Å². The minimum atomic E-state index is -0.572. The Hall–Kier alpha value is -3.26. The van der Waals surface area contributed by atoms with Crippen molar-refractivity contribution in [2.24, 2.45) is 0 Å². The number of amides is 1. The van der Waals surface area contributed by atoms with Crippen molar-refractivity contribution in [3.63, 3.8) is 0 Å². The highest BCUT2D eigenvalue weighted by Crippen LogP contribution is 2.27. The number of halogens is 2. The van der Waals surface area contributed by atoms with Crippen LogP contribution in [0.1, 0.15) is 17.0 Å². The van der Waals surface area contributed by atoms with E-state index in [-0.39, 0.29) is 10.6 Å². The molecule has 0 saturated carbocycles. The van der Waals surface area contributed by atoms with Crippen molar-refractivity contribution in [2.75, 3.05) is 36.5 Å². The zero-order chi connectivity index (χ0) is 23.5. The van der Waals surface area contributed by atoms with Crippen LogP contribution in [-0.2, 0) is 9.53 Å². The monoisotopic (exact) mass is 486 g/mol. The van der Waals surface area contributed by atoms with Crippen molar-refractivity contribution >= 4 is 45.2 Å². The maximum atomic E-state index is 13.6. The van der Waals surface area contributed by atoms with Crippen LogP contribution in [0, 0.1) is 31.0 Å². The Morgan fingerprint density at radius 3 is 2.76 bits per heavy atom. The van der Waals surface area contributed by atoms with E-state index in [1.165, 1.54) is 29.5 Å². The molecule has 1 saturated heterocycles. The summed E-state index contributed by atoms with van der Waals surface area (Å²) >= 11 is 7.18. The van der Waals surface area contributed by atoms with Crippen molar-refractivity contribution < 1.29 is 13.9 Å². The lowest BCUT2D eigenvalue weighted by molar-refractivity contribution is -0.112. The lowest BCUT2D eigenvalue weighted by Gasteiger charge is -2.25. The summed E-state index contributed by atoms with van der Waals surface area (Å²) in [5.41, 5.74) is 2.92. The maximum absolute atomic E-state index is 13.6. The number of aryl methyl sites for hydroxylation is 1. The van der Waals surface area contributed by atoms with Crippen molar-refractivity contribution in [3.8, 4) is 11.8 Å². The van der Waals surface area contributed by atoms with Gasteiger partial charge in [-0.15, -0.1) is 10.2 Å². The molecular weight excluding hydrogens is 467 g/mol. The van der Waals surface area contributed by atoms with Crippen LogP contribution in [0.5, 0.6) is 0 Å². The summed E-state index contributed by atoms with van der Waals surface area (Å²) in [5, 5.41) is 21.4. The van der Waals surface area contributed by atoms with Crippen LogP contribution in [0.3, 0.4) is 0 Å².